The van der Waals surface area contributed by atoms with E-state index in [4.69, 9.17) is 15.9 Å². The number of ether oxygens (including phenoxy) is 2. The van der Waals surface area contributed by atoms with E-state index in [0.717, 1.165) is 5.56 Å². The number of nitrogens with zero attached hydrogens (tertiary/aromatic N) is 1. The lowest BCUT2D eigenvalue weighted by Gasteiger charge is -2.09. The molecule has 144 valence electrons. The van der Waals surface area contributed by atoms with E-state index in [1.807, 2.05) is 25.1 Å². The standard InChI is InChI=1S/C21H21N3O4/c1-4-11-28-18-10-9-16(12-19(18)27-3)14-22-24-21(26)13-20(25)23-17-8-6-5-7-15(17)2/h1,5-10,12,14H,11,13H2,2-3H3,(H,23,25)(H,24,26). The molecule has 0 saturated carbocycles. The van der Waals surface area contributed by atoms with Gasteiger partial charge in [-0.3, -0.25) is 9.59 Å². The van der Waals surface area contributed by atoms with Crippen LogP contribution >= 0.6 is 0 Å². The van der Waals surface area contributed by atoms with Crippen LogP contribution in [0.15, 0.2) is 47.6 Å². The predicted octanol–water partition coefficient (Wildman–Crippen LogP) is 2.49. The maximum absolute atomic E-state index is 11.9. The molecule has 28 heavy (non-hydrogen) atoms. The monoisotopic (exact) mass is 379 g/mol. The van der Waals surface area contributed by atoms with Gasteiger partial charge in [-0.25, -0.2) is 5.43 Å². The highest BCUT2D eigenvalue weighted by Crippen LogP contribution is 2.27. The molecule has 0 aliphatic heterocycles. The van der Waals surface area contributed by atoms with E-state index in [0.29, 0.717) is 22.7 Å². The number of hydrazone groups is 1. The van der Waals surface area contributed by atoms with Gasteiger partial charge in [0.1, 0.15) is 13.0 Å². The average molecular weight is 379 g/mol. The smallest absolute Gasteiger partial charge is 0.249 e. The Kier molecular flexibility index (Phi) is 7.61. The Labute approximate surface area is 163 Å². The summed E-state index contributed by atoms with van der Waals surface area (Å²) < 4.78 is 10.6. The molecule has 0 bridgehead atoms. The lowest BCUT2D eigenvalue weighted by atomic mass is 10.2. The number of amides is 2. The third kappa shape index (κ3) is 6.18. The second kappa shape index (κ2) is 10.4. The first-order valence-corrected chi connectivity index (χ1v) is 8.45. The maximum Gasteiger partial charge on any atom is 0.249 e. The van der Waals surface area contributed by atoms with Gasteiger partial charge in [-0.15, -0.1) is 6.42 Å². The van der Waals surface area contributed by atoms with E-state index in [9.17, 15) is 9.59 Å². The molecule has 0 atom stereocenters. The van der Waals surface area contributed by atoms with Crippen LogP contribution < -0.4 is 20.2 Å². The van der Waals surface area contributed by atoms with E-state index in [-0.39, 0.29) is 13.0 Å². The normalized spacial score (nSPS) is 10.2. The molecule has 0 radical (unpaired) electrons. The highest BCUT2D eigenvalue weighted by molar-refractivity contribution is 6.04. The van der Waals surface area contributed by atoms with E-state index in [2.05, 4.69) is 21.8 Å². The van der Waals surface area contributed by atoms with Crippen LogP contribution in [0, 0.1) is 19.3 Å². The van der Waals surface area contributed by atoms with Crippen molar-refractivity contribution in [2.24, 2.45) is 5.10 Å². The number of carbonyl (C=O) groups is 2. The summed E-state index contributed by atoms with van der Waals surface area (Å²) in [4.78, 5) is 23.8. The lowest BCUT2D eigenvalue weighted by Crippen LogP contribution is -2.24. The number of rotatable bonds is 8. The number of hydrogen-bond donors (Lipinski definition) is 2. The number of benzene rings is 2. The SMILES string of the molecule is C#CCOc1ccc(C=NNC(=O)CC(=O)Nc2ccccc2C)cc1OC. The average Bonchev–Trinajstić information content (AvgIpc) is 2.68. The summed E-state index contributed by atoms with van der Waals surface area (Å²) >= 11 is 0. The molecular weight excluding hydrogens is 358 g/mol. The molecular formula is C21H21N3O4. The van der Waals surface area contributed by atoms with Crippen molar-refractivity contribution in [2.75, 3.05) is 19.0 Å². The summed E-state index contributed by atoms with van der Waals surface area (Å²) in [6.45, 7) is 2.00. The Bertz CT molecular complexity index is 916. The van der Waals surface area contributed by atoms with Crippen LogP contribution in [0.4, 0.5) is 5.69 Å². The summed E-state index contributed by atoms with van der Waals surface area (Å²) in [6, 6.07) is 12.4. The number of anilines is 1. The van der Waals surface area contributed by atoms with Gasteiger partial charge in [0.15, 0.2) is 11.5 Å². The lowest BCUT2D eigenvalue weighted by molar-refractivity contribution is -0.126. The second-order valence-electron chi connectivity index (χ2n) is 5.74. The van der Waals surface area contributed by atoms with E-state index in [1.54, 1.807) is 24.3 Å². The van der Waals surface area contributed by atoms with Gasteiger partial charge < -0.3 is 14.8 Å². The Hall–Kier alpha value is -3.79. The number of para-hydroxylation sites is 1. The van der Waals surface area contributed by atoms with Crippen LogP contribution in [0.2, 0.25) is 0 Å². The van der Waals surface area contributed by atoms with Gasteiger partial charge >= 0.3 is 0 Å². The molecule has 0 aliphatic rings. The molecule has 7 nitrogen and oxygen atoms in total. The fourth-order valence-electron chi connectivity index (χ4n) is 2.27. The number of nitrogens with one attached hydrogen (secondary N) is 2. The zero-order valence-electron chi connectivity index (χ0n) is 15.7. The van der Waals surface area contributed by atoms with Crippen molar-refractivity contribution in [3.05, 3.63) is 53.6 Å². The van der Waals surface area contributed by atoms with Crippen molar-refractivity contribution in [2.45, 2.75) is 13.3 Å². The summed E-state index contributed by atoms with van der Waals surface area (Å²) in [5.74, 6) is 2.43. The van der Waals surface area contributed by atoms with Crippen LogP contribution in [0.1, 0.15) is 17.5 Å². The van der Waals surface area contributed by atoms with Crippen LogP contribution in [0.25, 0.3) is 0 Å². The van der Waals surface area contributed by atoms with Gasteiger partial charge in [-0.1, -0.05) is 24.1 Å². The molecule has 2 N–H and O–H groups in total. The van der Waals surface area contributed by atoms with E-state index < -0.39 is 11.8 Å². The molecule has 0 saturated heterocycles. The van der Waals surface area contributed by atoms with E-state index >= 15 is 0 Å². The molecule has 0 spiro atoms. The fraction of sp³-hybridized carbons (Fsp3) is 0.190. The van der Waals surface area contributed by atoms with Crippen molar-refractivity contribution in [3.63, 3.8) is 0 Å². The molecule has 0 aliphatic carbocycles. The summed E-state index contributed by atoms with van der Waals surface area (Å²) in [5.41, 5.74) is 4.58. The number of hydrogen-bond acceptors (Lipinski definition) is 5. The summed E-state index contributed by atoms with van der Waals surface area (Å²) in [5, 5.41) is 6.54. The van der Waals surface area contributed by atoms with Gasteiger partial charge in [0.2, 0.25) is 11.8 Å². The summed E-state index contributed by atoms with van der Waals surface area (Å²) in [7, 11) is 1.51. The highest BCUT2D eigenvalue weighted by atomic mass is 16.5. The molecule has 2 amide bonds. The predicted molar refractivity (Wildman–Crippen MR) is 107 cm³/mol. The van der Waals surface area contributed by atoms with Gasteiger partial charge in [-0.2, -0.15) is 5.10 Å². The molecule has 0 aromatic heterocycles. The van der Waals surface area contributed by atoms with Crippen LogP contribution in [-0.2, 0) is 9.59 Å². The minimum atomic E-state index is -0.525. The number of aryl methyl sites for hydroxylation is 1. The Morgan fingerprint density at radius 1 is 1.18 bits per heavy atom. The molecule has 0 heterocycles. The molecule has 2 aromatic carbocycles. The zero-order chi connectivity index (χ0) is 20.4. The van der Waals surface area contributed by atoms with Crippen LogP contribution in [-0.4, -0.2) is 31.7 Å². The molecule has 2 aromatic rings. The van der Waals surface area contributed by atoms with Crippen molar-refractivity contribution >= 4 is 23.7 Å². The first kappa shape index (κ1) is 20.5. The maximum atomic E-state index is 11.9. The minimum absolute atomic E-state index is 0.129. The first-order chi connectivity index (χ1) is 13.5. The number of methoxy groups -OCH3 is 1. The molecule has 2 rings (SSSR count). The quantitative estimate of drug-likeness (QED) is 0.319. The second-order valence-corrected chi connectivity index (χ2v) is 5.74. The van der Waals surface area contributed by atoms with Crippen molar-refractivity contribution in [3.8, 4) is 23.8 Å². The van der Waals surface area contributed by atoms with Gasteiger partial charge in [0, 0.05) is 5.69 Å². The highest BCUT2D eigenvalue weighted by Gasteiger charge is 2.10. The van der Waals surface area contributed by atoms with E-state index in [1.165, 1.54) is 13.3 Å². The fourth-order valence-corrected chi connectivity index (χ4v) is 2.27. The molecule has 7 heteroatoms. The minimum Gasteiger partial charge on any atom is -0.493 e. The third-order valence-electron chi connectivity index (χ3n) is 3.64. The zero-order valence-corrected chi connectivity index (χ0v) is 15.7. The largest absolute Gasteiger partial charge is 0.493 e. The third-order valence-corrected chi connectivity index (χ3v) is 3.64. The molecule has 0 fully saturated rings. The van der Waals surface area contributed by atoms with Crippen molar-refractivity contribution in [1.82, 2.24) is 5.43 Å². The van der Waals surface area contributed by atoms with Gasteiger partial charge in [-0.05, 0) is 42.3 Å². The Morgan fingerprint density at radius 3 is 2.68 bits per heavy atom. The Morgan fingerprint density at radius 2 is 1.96 bits per heavy atom. The van der Waals surface area contributed by atoms with Crippen molar-refractivity contribution in [1.29, 1.82) is 0 Å². The molecule has 0 unspecified atom stereocenters. The Balaban J connectivity index is 1.88. The topological polar surface area (TPSA) is 89.0 Å². The van der Waals surface area contributed by atoms with Crippen LogP contribution in [0.5, 0.6) is 11.5 Å². The first-order valence-electron chi connectivity index (χ1n) is 8.45. The summed E-state index contributed by atoms with van der Waals surface area (Å²) in [6.07, 6.45) is 6.27. The van der Waals surface area contributed by atoms with Crippen LogP contribution in [0.3, 0.4) is 0 Å². The van der Waals surface area contributed by atoms with Gasteiger partial charge in [0.25, 0.3) is 0 Å². The number of terminal acetylenes is 1. The number of carbonyl (C=O) groups excluding carboxylic acids is 2. The van der Waals surface area contributed by atoms with Gasteiger partial charge in [0.05, 0.1) is 13.3 Å². The van der Waals surface area contributed by atoms with Crippen molar-refractivity contribution < 1.29 is 19.1 Å².